The highest BCUT2D eigenvalue weighted by molar-refractivity contribution is 7.80. The molecular formula is C14H26N2S. The molecule has 0 radical (unpaired) electrons. The molecule has 2 nitrogen and oxygen atoms in total. The lowest BCUT2D eigenvalue weighted by Crippen LogP contribution is -2.44. The maximum absolute atomic E-state index is 5.47. The van der Waals surface area contributed by atoms with Crippen molar-refractivity contribution in [1.29, 1.82) is 0 Å². The van der Waals surface area contributed by atoms with E-state index < -0.39 is 0 Å². The van der Waals surface area contributed by atoms with Crippen LogP contribution in [0.1, 0.15) is 47.0 Å². The first kappa shape index (κ1) is 14.5. The van der Waals surface area contributed by atoms with E-state index in [1.807, 2.05) is 6.92 Å². The maximum Gasteiger partial charge on any atom is 0.169 e. The van der Waals surface area contributed by atoms with E-state index in [1.165, 1.54) is 19.3 Å². The number of likely N-dealkylation sites (tertiary alicyclic amines) is 1. The van der Waals surface area contributed by atoms with Gasteiger partial charge in [0.25, 0.3) is 0 Å². The minimum absolute atomic E-state index is 0.372. The minimum Gasteiger partial charge on any atom is -0.359 e. The van der Waals surface area contributed by atoms with Crippen LogP contribution in [0, 0.1) is 5.41 Å². The molecular weight excluding hydrogens is 228 g/mol. The summed E-state index contributed by atoms with van der Waals surface area (Å²) in [6.07, 6.45) is 3.74. The molecule has 3 heteroatoms. The molecule has 0 aromatic rings. The molecule has 98 valence electrons. The summed E-state index contributed by atoms with van der Waals surface area (Å²) in [5, 5.41) is 4.20. The normalized spacial score (nSPS) is 20.5. The van der Waals surface area contributed by atoms with E-state index in [9.17, 15) is 0 Å². The molecule has 1 saturated heterocycles. The Morgan fingerprint density at radius 1 is 1.47 bits per heavy atom. The average molecular weight is 254 g/mol. The van der Waals surface area contributed by atoms with Gasteiger partial charge in [0.15, 0.2) is 5.11 Å². The standard InChI is InChI=1S/C14H26N2S/c1-11(2)10-15-13(17)16-8-6-7-12(16)9-14(3,4)5/h12H,1,6-10H2,2-5H3,(H,15,17)/t12-/m0/s1. The fraction of sp³-hybridized carbons (Fsp3) is 0.786. The first-order valence-corrected chi connectivity index (χ1v) is 6.89. The number of hydrogen-bond donors (Lipinski definition) is 1. The Bertz CT molecular complexity index is 291. The third-order valence-electron chi connectivity index (χ3n) is 3.03. The average Bonchev–Trinajstić information content (AvgIpc) is 2.59. The third-order valence-corrected chi connectivity index (χ3v) is 3.41. The van der Waals surface area contributed by atoms with Gasteiger partial charge < -0.3 is 10.2 Å². The summed E-state index contributed by atoms with van der Waals surface area (Å²) in [5.41, 5.74) is 1.50. The van der Waals surface area contributed by atoms with Gasteiger partial charge in [-0.15, -0.1) is 0 Å². The molecule has 1 aliphatic rings. The van der Waals surface area contributed by atoms with Crippen LogP contribution in [0.5, 0.6) is 0 Å². The summed E-state index contributed by atoms with van der Waals surface area (Å²) >= 11 is 5.47. The van der Waals surface area contributed by atoms with Crippen molar-refractivity contribution < 1.29 is 0 Å². The second kappa shape index (κ2) is 5.85. The van der Waals surface area contributed by atoms with Crippen molar-refractivity contribution in [2.75, 3.05) is 13.1 Å². The largest absolute Gasteiger partial charge is 0.359 e. The van der Waals surface area contributed by atoms with Crippen LogP contribution in [-0.4, -0.2) is 29.1 Å². The second-order valence-corrected chi connectivity index (χ2v) is 6.76. The minimum atomic E-state index is 0.372. The molecule has 0 aliphatic carbocycles. The molecule has 0 unspecified atom stereocenters. The zero-order chi connectivity index (χ0) is 13.1. The van der Waals surface area contributed by atoms with Gasteiger partial charge in [-0.1, -0.05) is 32.9 Å². The smallest absolute Gasteiger partial charge is 0.169 e. The number of nitrogens with one attached hydrogen (secondary N) is 1. The molecule has 0 amide bonds. The lowest BCUT2D eigenvalue weighted by atomic mass is 9.87. The van der Waals surface area contributed by atoms with Crippen LogP contribution >= 0.6 is 12.2 Å². The van der Waals surface area contributed by atoms with Crippen LogP contribution < -0.4 is 5.32 Å². The molecule has 0 aromatic carbocycles. The molecule has 0 aromatic heterocycles. The van der Waals surface area contributed by atoms with Gasteiger partial charge in [0.05, 0.1) is 0 Å². The molecule has 1 N–H and O–H groups in total. The highest BCUT2D eigenvalue weighted by Gasteiger charge is 2.29. The zero-order valence-electron chi connectivity index (χ0n) is 11.7. The Labute approximate surface area is 111 Å². The van der Waals surface area contributed by atoms with Gasteiger partial charge in [0, 0.05) is 19.1 Å². The monoisotopic (exact) mass is 254 g/mol. The van der Waals surface area contributed by atoms with Crippen molar-refractivity contribution in [3.05, 3.63) is 12.2 Å². The molecule has 0 saturated carbocycles. The zero-order valence-corrected chi connectivity index (χ0v) is 12.5. The fourth-order valence-electron chi connectivity index (χ4n) is 2.35. The highest BCUT2D eigenvalue weighted by Crippen LogP contribution is 2.29. The predicted octanol–water partition coefficient (Wildman–Crippen LogP) is 3.34. The van der Waals surface area contributed by atoms with Crippen LogP contribution in [0.2, 0.25) is 0 Å². The predicted molar refractivity (Wildman–Crippen MR) is 79.2 cm³/mol. The number of thiocarbonyl (C=S) groups is 1. The molecule has 17 heavy (non-hydrogen) atoms. The Balaban J connectivity index is 2.51. The Hall–Kier alpha value is -0.570. The van der Waals surface area contributed by atoms with E-state index in [-0.39, 0.29) is 0 Å². The summed E-state index contributed by atoms with van der Waals surface area (Å²) in [7, 11) is 0. The lowest BCUT2D eigenvalue weighted by molar-refractivity contribution is 0.260. The molecule has 0 spiro atoms. The van der Waals surface area contributed by atoms with Crippen molar-refractivity contribution in [2.24, 2.45) is 5.41 Å². The molecule has 1 atom stereocenters. The van der Waals surface area contributed by atoms with Crippen LogP contribution in [0.15, 0.2) is 12.2 Å². The van der Waals surface area contributed by atoms with E-state index in [1.54, 1.807) is 0 Å². The Morgan fingerprint density at radius 2 is 2.12 bits per heavy atom. The van der Waals surface area contributed by atoms with Crippen molar-refractivity contribution in [3.8, 4) is 0 Å². The van der Waals surface area contributed by atoms with E-state index in [0.29, 0.717) is 11.5 Å². The van der Waals surface area contributed by atoms with Crippen LogP contribution in [0.25, 0.3) is 0 Å². The molecule has 0 bridgehead atoms. The van der Waals surface area contributed by atoms with Crippen molar-refractivity contribution in [3.63, 3.8) is 0 Å². The van der Waals surface area contributed by atoms with Crippen LogP contribution in [-0.2, 0) is 0 Å². The van der Waals surface area contributed by atoms with Gasteiger partial charge in [-0.05, 0) is 43.8 Å². The topological polar surface area (TPSA) is 15.3 Å². The van der Waals surface area contributed by atoms with E-state index in [2.05, 4.69) is 37.6 Å². The quantitative estimate of drug-likeness (QED) is 0.614. The van der Waals surface area contributed by atoms with E-state index >= 15 is 0 Å². The summed E-state index contributed by atoms with van der Waals surface area (Å²) in [4.78, 5) is 2.36. The molecule has 1 rings (SSSR count). The molecule has 1 aliphatic heterocycles. The maximum atomic E-state index is 5.47. The van der Waals surface area contributed by atoms with Gasteiger partial charge in [0.2, 0.25) is 0 Å². The number of nitrogens with zero attached hydrogens (tertiary/aromatic N) is 1. The summed E-state index contributed by atoms with van der Waals surface area (Å²) in [6, 6.07) is 0.611. The summed E-state index contributed by atoms with van der Waals surface area (Å²) in [6.45, 7) is 14.7. The van der Waals surface area contributed by atoms with Gasteiger partial charge in [-0.3, -0.25) is 0 Å². The third kappa shape index (κ3) is 5.07. The summed E-state index contributed by atoms with van der Waals surface area (Å²) in [5.74, 6) is 0. The SMILES string of the molecule is C=C(C)CNC(=S)N1CCC[C@H]1CC(C)(C)C. The Kier molecular flexibility index (Phi) is 4.99. The van der Waals surface area contributed by atoms with Crippen molar-refractivity contribution in [1.82, 2.24) is 10.2 Å². The first-order valence-electron chi connectivity index (χ1n) is 6.48. The second-order valence-electron chi connectivity index (χ2n) is 6.37. The first-order chi connectivity index (χ1) is 7.79. The molecule has 1 fully saturated rings. The van der Waals surface area contributed by atoms with Crippen molar-refractivity contribution >= 4 is 17.3 Å². The van der Waals surface area contributed by atoms with Gasteiger partial charge in [-0.2, -0.15) is 0 Å². The summed E-state index contributed by atoms with van der Waals surface area (Å²) < 4.78 is 0. The number of rotatable bonds is 3. The molecule has 1 heterocycles. The Morgan fingerprint density at radius 3 is 2.65 bits per heavy atom. The number of hydrogen-bond acceptors (Lipinski definition) is 1. The van der Waals surface area contributed by atoms with Gasteiger partial charge in [0.1, 0.15) is 0 Å². The van der Waals surface area contributed by atoms with Gasteiger partial charge >= 0.3 is 0 Å². The van der Waals surface area contributed by atoms with E-state index in [0.717, 1.165) is 23.8 Å². The van der Waals surface area contributed by atoms with Gasteiger partial charge in [-0.25, -0.2) is 0 Å². The van der Waals surface area contributed by atoms with E-state index in [4.69, 9.17) is 12.2 Å². The van der Waals surface area contributed by atoms with Crippen molar-refractivity contribution in [2.45, 2.75) is 53.0 Å². The fourth-order valence-corrected chi connectivity index (χ4v) is 2.66. The van der Waals surface area contributed by atoms with Crippen LogP contribution in [0.4, 0.5) is 0 Å². The van der Waals surface area contributed by atoms with Crippen LogP contribution in [0.3, 0.4) is 0 Å². The lowest BCUT2D eigenvalue weighted by Gasteiger charge is -2.32. The highest BCUT2D eigenvalue weighted by atomic mass is 32.1.